The van der Waals surface area contributed by atoms with Crippen molar-refractivity contribution in [2.75, 3.05) is 25.1 Å². The Morgan fingerprint density at radius 3 is 2.68 bits per heavy atom. The first kappa shape index (κ1) is 14.6. The number of carbonyl (C=O) groups is 1. The van der Waals surface area contributed by atoms with Crippen LogP contribution in [0.4, 0.5) is 5.69 Å². The molecule has 2 heterocycles. The van der Waals surface area contributed by atoms with Crippen LogP contribution < -0.4 is 15.3 Å². The van der Waals surface area contributed by atoms with Crippen molar-refractivity contribution in [3.05, 3.63) is 34.2 Å². The number of nitrogens with zero attached hydrogens (tertiary/aromatic N) is 1. The van der Waals surface area contributed by atoms with Gasteiger partial charge in [0.15, 0.2) is 6.29 Å². The molecule has 1 aromatic heterocycles. The van der Waals surface area contributed by atoms with Crippen LogP contribution >= 0.6 is 0 Å². The summed E-state index contributed by atoms with van der Waals surface area (Å²) in [5.74, 6) is 1.33. The van der Waals surface area contributed by atoms with Crippen LogP contribution in [0.15, 0.2) is 27.4 Å². The Hall–Kier alpha value is -2.30. The second kappa shape index (κ2) is 5.83. The van der Waals surface area contributed by atoms with Gasteiger partial charge in [-0.2, -0.15) is 0 Å². The van der Waals surface area contributed by atoms with E-state index in [9.17, 15) is 9.59 Å². The van der Waals surface area contributed by atoms with Gasteiger partial charge < -0.3 is 14.1 Å². The third-order valence-corrected chi connectivity index (χ3v) is 4.34. The minimum Gasteiger partial charge on any atom is -0.497 e. The van der Waals surface area contributed by atoms with E-state index in [1.54, 1.807) is 19.2 Å². The zero-order valence-electron chi connectivity index (χ0n) is 12.8. The third-order valence-electron chi connectivity index (χ3n) is 4.34. The number of methoxy groups -OCH3 is 1. The predicted molar refractivity (Wildman–Crippen MR) is 85.0 cm³/mol. The molecule has 1 saturated heterocycles. The maximum absolute atomic E-state index is 12.1. The summed E-state index contributed by atoms with van der Waals surface area (Å²) in [7, 11) is 1.59. The number of carbonyl (C=O) groups excluding carboxylic acids is 1. The van der Waals surface area contributed by atoms with Gasteiger partial charge in [-0.3, -0.25) is 4.79 Å². The lowest BCUT2D eigenvalue weighted by molar-refractivity contribution is 0.112. The zero-order valence-corrected chi connectivity index (χ0v) is 12.8. The van der Waals surface area contributed by atoms with E-state index in [1.807, 2.05) is 6.07 Å². The van der Waals surface area contributed by atoms with Gasteiger partial charge in [0.25, 0.3) is 0 Å². The van der Waals surface area contributed by atoms with Gasteiger partial charge in [-0.1, -0.05) is 6.92 Å². The molecule has 1 fully saturated rings. The van der Waals surface area contributed by atoms with E-state index < -0.39 is 5.63 Å². The number of aldehydes is 1. The van der Waals surface area contributed by atoms with Crippen molar-refractivity contribution in [3.8, 4) is 5.75 Å². The average molecular weight is 301 g/mol. The van der Waals surface area contributed by atoms with Crippen LogP contribution in [-0.4, -0.2) is 26.5 Å². The Balaban J connectivity index is 2.23. The molecule has 22 heavy (non-hydrogen) atoms. The molecular weight excluding hydrogens is 282 g/mol. The summed E-state index contributed by atoms with van der Waals surface area (Å²) < 4.78 is 10.5. The van der Waals surface area contributed by atoms with Crippen LogP contribution in [0.5, 0.6) is 5.75 Å². The number of piperidine rings is 1. The van der Waals surface area contributed by atoms with Gasteiger partial charge in [0.05, 0.1) is 12.8 Å². The highest BCUT2D eigenvalue weighted by Gasteiger charge is 2.23. The molecule has 0 bridgehead atoms. The van der Waals surface area contributed by atoms with Crippen molar-refractivity contribution in [1.29, 1.82) is 0 Å². The van der Waals surface area contributed by atoms with Crippen LogP contribution in [0, 0.1) is 5.92 Å². The van der Waals surface area contributed by atoms with E-state index in [2.05, 4.69) is 11.8 Å². The van der Waals surface area contributed by atoms with Crippen molar-refractivity contribution in [2.24, 2.45) is 5.92 Å². The normalized spacial score (nSPS) is 16.0. The highest BCUT2D eigenvalue weighted by molar-refractivity contribution is 6.00. The minimum atomic E-state index is -0.582. The van der Waals surface area contributed by atoms with E-state index in [0.29, 0.717) is 29.2 Å². The predicted octanol–water partition coefficient (Wildman–Crippen LogP) is 2.85. The molecule has 0 atom stereocenters. The number of hydrogen-bond acceptors (Lipinski definition) is 5. The summed E-state index contributed by atoms with van der Waals surface area (Å²) >= 11 is 0. The van der Waals surface area contributed by atoms with E-state index in [-0.39, 0.29) is 5.56 Å². The molecule has 2 aromatic rings. The number of rotatable bonds is 3. The minimum absolute atomic E-state index is 0.0929. The Morgan fingerprint density at radius 1 is 1.32 bits per heavy atom. The Labute approximate surface area is 128 Å². The van der Waals surface area contributed by atoms with Gasteiger partial charge in [0, 0.05) is 18.5 Å². The molecule has 1 aromatic carbocycles. The molecule has 3 rings (SSSR count). The average Bonchev–Trinajstić information content (AvgIpc) is 2.54. The second-order valence-electron chi connectivity index (χ2n) is 5.80. The quantitative estimate of drug-likeness (QED) is 0.644. The number of anilines is 1. The SMILES string of the molecule is COc1ccc2oc(=O)c(C=O)c(N3CCC(C)CC3)c2c1. The lowest BCUT2D eigenvalue weighted by Gasteiger charge is -2.33. The van der Waals surface area contributed by atoms with E-state index in [4.69, 9.17) is 9.15 Å². The molecule has 0 aliphatic carbocycles. The molecule has 1 aliphatic rings. The molecule has 0 saturated carbocycles. The molecule has 0 spiro atoms. The summed E-state index contributed by atoms with van der Waals surface area (Å²) in [4.78, 5) is 25.6. The molecule has 5 heteroatoms. The van der Waals surface area contributed by atoms with Crippen LogP contribution in [0.25, 0.3) is 11.0 Å². The molecule has 0 radical (unpaired) electrons. The zero-order chi connectivity index (χ0) is 15.7. The first-order valence-corrected chi connectivity index (χ1v) is 7.49. The standard InChI is InChI=1S/C17H19NO4/c1-11-5-7-18(8-6-11)16-13-9-12(21-2)3-4-15(13)22-17(20)14(16)10-19/h3-4,9-11H,5-8H2,1-2H3. The maximum atomic E-state index is 12.1. The van der Waals surface area contributed by atoms with E-state index in [1.165, 1.54) is 0 Å². The molecule has 116 valence electrons. The maximum Gasteiger partial charge on any atom is 0.349 e. The summed E-state index contributed by atoms with van der Waals surface area (Å²) in [6.07, 6.45) is 2.69. The smallest absolute Gasteiger partial charge is 0.349 e. The molecule has 0 unspecified atom stereocenters. The van der Waals surface area contributed by atoms with Crippen LogP contribution in [0.1, 0.15) is 30.1 Å². The number of benzene rings is 1. The monoisotopic (exact) mass is 301 g/mol. The summed E-state index contributed by atoms with van der Waals surface area (Å²) in [5.41, 5.74) is 0.661. The second-order valence-corrected chi connectivity index (χ2v) is 5.80. The fourth-order valence-corrected chi connectivity index (χ4v) is 2.98. The Kier molecular flexibility index (Phi) is 3.88. The highest BCUT2D eigenvalue weighted by Crippen LogP contribution is 2.33. The fraction of sp³-hybridized carbons (Fsp3) is 0.412. The third kappa shape index (κ3) is 2.47. The molecule has 0 N–H and O–H groups in total. The van der Waals surface area contributed by atoms with Gasteiger partial charge in [0.2, 0.25) is 0 Å². The van der Waals surface area contributed by atoms with Crippen molar-refractivity contribution in [3.63, 3.8) is 0 Å². The molecule has 0 amide bonds. The lowest BCUT2D eigenvalue weighted by Crippen LogP contribution is -2.34. The van der Waals surface area contributed by atoms with Crippen molar-refractivity contribution in [2.45, 2.75) is 19.8 Å². The first-order valence-electron chi connectivity index (χ1n) is 7.49. The Morgan fingerprint density at radius 2 is 2.05 bits per heavy atom. The van der Waals surface area contributed by atoms with Gasteiger partial charge in [0.1, 0.15) is 16.9 Å². The molecule has 1 aliphatic heterocycles. The summed E-state index contributed by atoms with van der Waals surface area (Å²) in [6.45, 7) is 3.88. The van der Waals surface area contributed by atoms with Gasteiger partial charge >= 0.3 is 5.63 Å². The van der Waals surface area contributed by atoms with Crippen molar-refractivity contribution >= 4 is 22.9 Å². The van der Waals surface area contributed by atoms with E-state index in [0.717, 1.165) is 31.3 Å². The van der Waals surface area contributed by atoms with Crippen LogP contribution in [0.3, 0.4) is 0 Å². The number of ether oxygens (including phenoxy) is 1. The number of hydrogen-bond donors (Lipinski definition) is 0. The molecule has 5 nitrogen and oxygen atoms in total. The van der Waals surface area contributed by atoms with E-state index >= 15 is 0 Å². The first-order chi connectivity index (χ1) is 10.6. The van der Waals surface area contributed by atoms with Gasteiger partial charge in [-0.15, -0.1) is 0 Å². The van der Waals surface area contributed by atoms with Gasteiger partial charge in [-0.05, 0) is 37.0 Å². The molecular formula is C17H19NO4. The lowest BCUT2D eigenvalue weighted by atomic mass is 9.97. The van der Waals surface area contributed by atoms with Crippen molar-refractivity contribution in [1.82, 2.24) is 0 Å². The topological polar surface area (TPSA) is 59.8 Å². The van der Waals surface area contributed by atoms with Crippen molar-refractivity contribution < 1.29 is 13.9 Å². The van der Waals surface area contributed by atoms with Gasteiger partial charge in [-0.25, -0.2) is 4.79 Å². The largest absolute Gasteiger partial charge is 0.497 e. The fourth-order valence-electron chi connectivity index (χ4n) is 2.98. The van der Waals surface area contributed by atoms with Crippen LogP contribution in [-0.2, 0) is 0 Å². The Bertz CT molecular complexity index is 757. The summed E-state index contributed by atoms with van der Waals surface area (Å²) in [5, 5.41) is 0.746. The highest BCUT2D eigenvalue weighted by atomic mass is 16.5. The van der Waals surface area contributed by atoms with Crippen LogP contribution in [0.2, 0.25) is 0 Å². The summed E-state index contributed by atoms with van der Waals surface area (Å²) in [6, 6.07) is 5.27. The number of fused-ring (bicyclic) bond motifs is 1.